The van der Waals surface area contributed by atoms with Gasteiger partial charge in [-0.2, -0.15) is 0 Å². The molecule has 0 radical (unpaired) electrons. The molecule has 0 saturated carbocycles. The number of benzene rings is 1. The van der Waals surface area contributed by atoms with Gasteiger partial charge in [0.05, 0.1) is 6.42 Å². The highest BCUT2D eigenvalue weighted by Gasteiger charge is 2.24. The summed E-state index contributed by atoms with van der Waals surface area (Å²) in [7, 11) is 0. The lowest BCUT2D eigenvalue weighted by molar-refractivity contribution is -0.131. The Balaban J connectivity index is 1.78. The highest BCUT2D eigenvalue weighted by molar-refractivity contribution is 5.79. The Kier molecular flexibility index (Phi) is 5.80. The molecule has 3 amide bonds. The predicted octanol–water partition coefficient (Wildman–Crippen LogP) is 2.27. The van der Waals surface area contributed by atoms with Crippen LogP contribution in [-0.2, 0) is 11.2 Å². The van der Waals surface area contributed by atoms with E-state index >= 15 is 0 Å². The largest absolute Gasteiger partial charge is 0.339 e. The van der Waals surface area contributed by atoms with Gasteiger partial charge >= 0.3 is 6.03 Å². The van der Waals surface area contributed by atoms with Crippen LogP contribution in [0.1, 0.15) is 26.3 Å². The molecule has 1 heterocycles. The van der Waals surface area contributed by atoms with Crippen molar-refractivity contribution < 1.29 is 14.0 Å². The molecular weight excluding hydrogens is 309 g/mol. The molecule has 1 fully saturated rings. The third kappa shape index (κ3) is 5.51. The predicted molar refractivity (Wildman–Crippen MR) is 91.1 cm³/mol. The van der Waals surface area contributed by atoms with Crippen LogP contribution in [0.25, 0.3) is 0 Å². The van der Waals surface area contributed by atoms with Crippen LogP contribution in [0.3, 0.4) is 0 Å². The van der Waals surface area contributed by atoms with E-state index in [1.165, 1.54) is 12.1 Å². The average molecular weight is 335 g/mol. The summed E-state index contributed by atoms with van der Waals surface area (Å²) >= 11 is 0. The van der Waals surface area contributed by atoms with Crippen molar-refractivity contribution in [2.75, 3.05) is 32.7 Å². The maximum absolute atomic E-state index is 12.9. The van der Waals surface area contributed by atoms with Gasteiger partial charge in [0.2, 0.25) is 5.91 Å². The van der Waals surface area contributed by atoms with Gasteiger partial charge in [-0.05, 0) is 23.1 Å². The lowest BCUT2D eigenvalue weighted by Gasteiger charge is -2.35. The number of nitrogens with zero attached hydrogens (tertiary/aromatic N) is 2. The summed E-state index contributed by atoms with van der Waals surface area (Å²) in [6.07, 6.45) is 0.260. The molecule has 0 unspecified atom stereocenters. The van der Waals surface area contributed by atoms with E-state index in [1.54, 1.807) is 21.9 Å². The third-order valence-electron chi connectivity index (χ3n) is 3.96. The molecule has 1 N–H and O–H groups in total. The van der Waals surface area contributed by atoms with Gasteiger partial charge in [-0.3, -0.25) is 4.79 Å². The lowest BCUT2D eigenvalue weighted by atomic mass is 9.97. The van der Waals surface area contributed by atoms with Crippen molar-refractivity contribution in [1.29, 1.82) is 0 Å². The molecular formula is C18H26FN3O2. The van der Waals surface area contributed by atoms with Crippen LogP contribution < -0.4 is 5.32 Å². The van der Waals surface area contributed by atoms with Crippen molar-refractivity contribution in [3.63, 3.8) is 0 Å². The van der Waals surface area contributed by atoms with E-state index in [0.29, 0.717) is 32.7 Å². The summed E-state index contributed by atoms with van der Waals surface area (Å²) in [6, 6.07) is 5.91. The Morgan fingerprint density at radius 1 is 1.04 bits per heavy atom. The van der Waals surface area contributed by atoms with Crippen molar-refractivity contribution in [2.45, 2.75) is 27.2 Å². The fourth-order valence-electron chi connectivity index (χ4n) is 2.50. The quantitative estimate of drug-likeness (QED) is 0.921. The minimum atomic E-state index is -0.305. The maximum atomic E-state index is 12.9. The van der Waals surface area contributed by atoms with Gasteiger partial charge in [-0.25, -0.2) is 9.18 Å². The number of rotatable bonds is 3. The zero-order valence-corrected chi connectivity index (χ0v) is 14.6. The lowest BCUT2D eigenvalue weighted by Crippen LogP contribution is -2.54. The van der Waals surface area contributed by atoms with Crippen LogP contribution in [0, 0.1) is 11.2 Å². The molecule has 0 atom stereocenters. The highest BCUT2D eigenvalue weighted by Crippen LogP contribution is 2.11. The summed E-state index contributed by atoms with van der Waals surface area (Å²) in [5.74, 6) is -0.294. The molecule has 1 aliphatic rings. The zero-order valence-electron chi connectivity index (χ0n) is 14.6. The van der Waals surface area contributed by atoms with Crippen LogP contribution in [-0.4, -0.2) is 54.5 Å². The molecule has 5 nitrogen and oxygen atoms in total. The third-order valence-corrected chi connectivity index (χ3v) is 3.96. The molecule has 0 aromatic heterocycles. The Labute approximate surface area is 142 Å². The van der Waals surface area contributed by atoms with Crippen LogP contribution in [0.15, 0.2) is 24.3 Å². The minimum Gasteiger partial charge on any atom is -0.339 e. The van der Waals surface area contributed by atoms with E-state index in [-0.39, 0.29) is 29.6 Å². The molecule has 0 spiro atoms. The number of carbonyl (C=O) groups is 2. The summed E-state index contributed by atoms with van der Waals surface area (Å²) in [6.45, 7) is 8.95. The first-order valence-corrected chi connectivity index (χ1v) is 8.29. The SMILES string of the molecule is CC(C)(C)CNC(=O)N1CCN(C(=O)Cc2ccc(F)cc2)CC1. The van der Waals surface area contributed by atoms with Crippen molar-refractivity contribution in [2.24, 2.45) is 5.41 Å². The van der Waals surface area contributed by atoms with Crippen LogP contribution >= 0.6 is 0 Å². The van der Waals surface area contributed by atoms with Gasteiger partial charge in [-0.15, -0.1) is 0 Å². The Hall–Kier alpha value is -2.11. The Morgan fingerprint density at radius 2 is 1.58 bits per heavy atom. The summed E-state index contributed by atoms with van der Waals surface area (Å²) < 4.78 is 12.9. The topological polar surface area (TPSA) is 52.7 Å². The normalized spacial score (nSPS) is 15.3. The molecule has 2 rings (SSSR count). The first kappa shape index (κ1) is 18.2. The number of carbonyl (C=O) groups excluding carboxylic acids is 2. The highest BCUT2D eigenvalue weighted by atomic mass is 19.1. The first-order valence-electron chi connectivity index (χ1n) is 8.29. The number of urea groups is 1. The molecule has 0 aliphatic carbocycles. The maximum Gasteiger partial charge on any atom is 0.317 e. The molecule has 1 aromatic rings. The second kappa shape index (κ2) is 7.64. The van der Waals surface area contributed by atoms with Gasteiger partial charge in [-0.1, -0.05) is 32.9 Å². The van der Waals surface area contributed by atoms with Crippen LogP contribution in [0.2, 0.25) is 0 Å². The number of hydrogen-bond acceptors (Lipinski definition) is 2. The van der Waals surface area contributed by atoms with Gasteiger partial charge < -0.3 is 15.1 Å². The second-order valence-corrected chi connectivity index (χ2v) is 7.39. The fourth-order valence-corrected chi connectivity index (χ4v) is 2.50. The van der Waals surface area contributed by atoms with E-state index in [9.17, 15) is 14.0 Å². The number of nitrogens with one attached hydrogen (secondary N) is 1. The van der Waals surface area contributed by atoms with E-state index in [4.69, 9.17) is 0 Å². The molecule has 132 valence electrons. The Morgan fingerprint density at radius 3 is 2.12 bits per heavy atom. The number of piperazine rings is 1. The number of halogens is 1. The van der Waals surface area contributed by atoms with Gasteiger partial charge in [0.1, 0.15) is 5.82 Å². The van der Waals surface area contributed by atoms with Gasteiger partial charge in [0, 0.05) is 32.7 Å². The smallest absolute Gasteiger partial charge is 0.317 e. The number of amides is 3. The van der Waals surface area contributed by atoms with Crippen LogP contribution in [0.4, 0.5) is 9.18 Å². The molecule has 0 bridgehead atoms. The second-order valence-electron chi connectivity index (χ2n) is 7.39. The summed E-state index contributed by atoms with van der Waals surface area (Å²) in [5.41, 5.74) is 0.842. The van der Waals surface area contributed by atoms with Gasteiger partial charge in [0.15, 0.2) is 0 Å². The van der Waals surface area contributed by atoms with E-state index < -0.39 is 0 Å². The van der Waals surface area contributed by atoms with Crippen LogP contribution in [0.5, 0.6) is 0 Å². The van der Waals surface area contributed by atoms with E-state index in [2.05, 4.69) is 26.1 Å². The first-order chi connectivity index (χ1) is 11.2. The fraction of sp³-hybridized carbons (Fsp3) is 0.556. The van der Waals surface area contributed by atoms with Crippen molar-refractivity contribution >= 4 is 11.9 Å². The summed E-state index contributed by atoms with van der Waals surface area (Å²) in [5, 5.41) is 2.93. The zero-order chi connectivity index (χ0) is 17.7. The Bertz CT molecular complexity index is 573. The molecule has 1 aromatic carbocycles. The molecule has 1 saturated heterocycles. The standard InChI is InChI=1S/C18H26FN3O2/c1-18(2,3)13-20-17(24)22-10-8-21(9-11-22)16(23)12-14-4-6-15(19)7-5-14/h4-7H,8-13H2,1-3H3,(H,20,24). The van der Waals surface area contributed by atoms with Crippen molar-refractivity contribution in [3.05, 3.63) is 35.6 Å². The minimum absolute atomic E-state index is 0.0105. The van der Waals surface area contributed by atoms with Crippen molar-refractivity contribution in [1.82, 2.24) is 15.1 Å². The van der Waals surface area contributed by atoms with Gasteiger partial charge in [0.25, 0.3) is 0 Å². The average Bonchev–Trinajstić information content (AvgIpc) is 2.54. The monoisotopic (exact) mass is 335 g/mol. The van der Waals surface area contributed by atoms with Crippen molar-refractivity contribution in [3.8, 4) is 0 Å². The molecule has 1 aliphatic heterocycles. The summed E-state index contributed by atoms with van der Waals surface area (Å²) in [4.78, 5) is 27.9. The molecule has 6 heteroatoms. The van der Waals surface area contributed by atoms with E-state index in [0.717, 1.165) is 5.56 Å². The molecule has 24 heavy (non-hydrogen) atoms. The number of hydrogen-bond donors (Lipinski definition) is 1. The van der Waals surface area contributed by atoms with E-state index in [1.807, 2.05) is 0 Å².